The van der Waals surface area contributed by atoms with Crippen LogP contribution in [0.3, 0.4) is 0 Å². The lowest BCUT2D eigenvalue weighted by atomic mass is 9.95. The largest absolute Gasteiger partial charge is 0.357 e. The van der Waals surface area contributed by atoms with Crippen LogP contribution < -0.4 is 5.56 Å². The first-order valence-electron chi connectivity index (χ1n) is 10.1. The quantitative estimate of drug-likeness (QED) is 0.702. The molecule has 0 fully saturated rings. The maximum atomic E-state index is 13.4. The first-order valence-corrected chi connectivity index (χ1v) is 10.1. The fraction of sp³-hybridized carbons (Fsp3) is 0.261. The second kappa shape index (κ2) is 8.22. The number of hydrogen-bond donors (Lipinski definition) is 1. The minimum absolute atomic E-state index is 0.109. The summed E-state index contributed by atoms with van der Waals surface area (Å²) < 4.78 is 14.8. The molecule has 1 aromatic carbocycles. The highest BCUT2D eigenvalue weighted by Gasteiger charge is 2.30. The second-order valence-corrected chi connectivity index (χ2v) is 7.54. The van der Waals surface area contributed by atoms with Gasteiger partial charge in [0.25, 0.3) is 17.4 Å². The summed E-state index contributed by atoms with van der Waals surface area (Å²) in [6.07, 6.45) is 3.75. The first-order chi connectivity index (χ1) is 14.9. The van der Waals surface area contributed by atoms with Crippen molar-refractivity contribution in [3.05, 3.63) is 87.3 Å². The number of benzene rings is 1. The summed E-state index contributed by atoms with van der Waals surface area (Å²) in [6.45, 7) is 2.96. The van der Waals surface area contributed by atoms with Crippen LogP contribution in [0, 0.1) is 5.82 Å². The van der Waals surface area contributed by atoms with Gasteiger partial charge in [0.1, 0.15) is 17.1 Å². The molecule has 4 rings (SSSR count). The minimum Gasteiger partial charge on any atom is -0.357 e. The molecular weight excluding hydrogens is 399 g/mol. The zero-order valence-corrected chi connectivity index (χ0v) is 17.4. The zero-order valence-electron chi connectivity index (χ0n) is 17.4. The molecule has 0 radical (unpaired) electrons. The van der Waals surface area contributed by atoms with E-state index in [9.17, 15) is 18.8 Å². The molecule has 160 valence electrons. The van der Waals surface area contributed by atoms with Gasteiger partial charge in [0.05, 0.1) is 0 Å². The average Bonchev–Trinajstić information content (AvgIpc) is 3.32. The molecule has 1 aliphatic heterocycles. The summed E-state index contributed by atoms with van der Waals surface area (Å²) in [5.74, 6) is -0.919. The van der Waals surface area contributed by atoms with Gasteiger partial charge < -0.3 is 14.8 Å². The molecule has 0 spiro atoms. The van der Waals surface area contributed by atoms with Gasteiger partial charge in [0, 0.05) is 44.8 Å². The number of pyridine rings is 1. The molecule has 8 heteroatoms. The maximum absolute atomic E-state index is 13.4. The Balaban J connectivity index is 1.83. The number of halogens is 1. The number of amides is 2. The molecule has 3 aromatic rings. The van der Waals surface area contributed by atoms with E-state index < -0.39 is 11.4 Å². The fourth-order valence-electron chi connectivity index (χ4n) is 3.81. The lowest BCUT2D eigenvalue weighted by molar-refractivity contribution is 0.0728. The Morgan fingerprint density at radius 3 is 2.58 bits per heavy atom. The molecule has 1 N–H and O–H groups in total. The minimum atomic E-state index is -0.445. The number of nitrogens with zero attached hydrogens (tertiary/aromatic N) is 3. The van der Waals surface area contributed by atoms with E-state index >= 15 is 0 Å². The highest BCUT2D eigenvalue weighted by molar-refractivity contribution is 5.96. The van der Waals surface area contributed by atoms with E-state index in [4.69, 9.17) is 0 Å². The van der Waals surface area contributed by atoms with Crippen molar-refractivity contribution in [3.8, 4) is 5.69 Å². The molecule has 7 nitrogen and oxygen atoms in total. The Hall–Kier alpha value is -3.68. The molecule has 0 unspecified atom stereocenters. The van der Waals surface area contributed by atoms with Crippen molar-refractivity contribution < 1.29 is 14.0 Å². The van der Waals surface area contributed by atoms with E-state index in [0.29, 0.717) is 36.5 Å². The maximum Gasteiger partial charge on any atom is 0.270 e. The smallest absolute Gasteiger partial charge is 0.270 e. The summed E-state index contributed by atoms with van der Waals surface area (Å²) >= 11 is 0. The zero-order chi connectivity index (χ0) is 22.1. The van der Waals surface area contributed by atoms with Gasteiger partial charge in [0.15, 0.2) is 0 Å². The molecule has 2 amide bonds. The molecule has 0 saturated carbocycles. The molecular formula is C23H23FN4O3. The van der Waals surface area contributed by atoms with Crippen molar-refractivity contribution in [2.24, 2.45) is 0 Å². The average molecular weight is 422 g/mol. The van der Waals surface area contributed by atoms with Crippen molar-refractivity contribution in [2.45, 2.75) is 19.9 Å². The molecule has 2 aromatic heterocycles. The third kappa shape index (κ3) is 3.76. The predicted molar refractivity (Wildman–Crippen MR) is 114 cm³/mol. The van der Waals surface area contributed by atoms with Crippen LogP contribution in [0.2, 0.25) is 0 Å². The van der Waals surface area contributed by atoms with Gasteiger partial charge in [-0.1, -0.05) is 0 Å². The van der Waals surface area contributed by atoms with E-state index in [1.165, 1.54) is 33.7 Å². The van der Waals surface area contributed by atoms with E-state index in [0.717, 1.165) is 5.56 Å². The van der Waals surface area contributed by atoms with Crippen LogP contribution >= 0.6 is 0 Å². The van der Waals surface area contributed by atoms with Crippen molar-refractivity contribution in [1.29, 1.82) is 0 Å². The van der Waals surface area contributed by atoms with Gasteiger partial charge in [-0.2, -0.15) is 0 Å². The van der Waals surface area contributed by atoms with Crippen LogP contribution in [-0.4, -0.2) is 51.3 Å². The Morgan fingerprint density at radius 1 is 1.19 bits per heavy atom. The summed E-state index contributed by atoms with van der Waals surface area (Å²) in [5.41, 5.74) is 2.00. The standard InChI is InChI=1S/C23H23FN4O3/c1-3-26(2)22(30)20-18-10-12-27(21(29)19-5-4-11-25-19)13-15(18)14-28(23(20)31)17-8-6-16(24)7-9-17/h4-9,11,14,25H,3,10,12-13H2,1-2H3. The molecule has 0 bridgehead atoms. The molecule has 0 atom stereocenters. The SMILES string of the molecule is CCN(C)C(=O)c1c2c(cn(-c3ccc(F)cc3)c1=O)CN(C(=O)c1ccc[nH]1)CC2. The summed E-state index contributed by atoms with van der Waals surface area (Å²) in [6, 6.07) is 8.98. The van der Waals surface area contributed by atoms with Crippen LogP contribution in [0.15, 0.2) is 53.6 Å². The third-order valence-corrected chi connectivity index (χ3v) is 5.66. The molecule has 0 aliphatic carbocycles. The fourth-order valence-corrected chi connectivity index (χ4v) is 3.81. The van der Waals surface area contributed by atoms with Gasteiger partial charge in [-0.05, 0) is 60.9 Å². The lowest BCUT2D eigenvalue weighted by Gasteiger charge is -2.31. The summed E-state index contributed by atoms with van der Waals surface area (Å²) in [5, 5.41) is 0. The van der Waals surface area contributed by atoms with Crippen LogP contribution in [0.4, 0.5) is 4.39 Å². The van der Waals surface area contributed by atoms with E-state index in [1.54, 1.807) is 36.5 Å². The number of nitrogens with one attached hydrogen (secondary N) is 1. The number of aromatic amines is 1. The number of carbonyl (C=O) groups excluding carboxylic acids is 2. The number of H-pyrrole nitrogens is 1. The molecule has 1 aliphatic rings. The highest BCUT2D eigenvalue weighted by atomic mass is 19.1. The number of rotatable bonds is 4. The van der Waals surface area contributed by atoms with Crippen molar-refractivity contribution >= 4 is 11.8 Å². The number of aromatic nitrogens is 2. The van der Waals surface area contributed by atoms with Crippen molar-refractivity contribution in [1.82, 2.24) is 19.4 Å². The third-order valence-electron chi connectivity index (χ3n) is 5.66. The van der Waals surface area contributed by atoms with Crippen molar-refractivity contribution in [3.63, 3.8) is 0 Å². The number of carbonyl (C=O) groups is 2. The monoisotopic (exact) mass is 422 g/mol. The summed E-state index contributed by atoms with van der Waals surface area (Å²) in [7, 11) is 1.65. The van der Waals surface area contributed by atoms with Crippen LogP contribution in [0.25, 0.3) is 5.69 Å². The molecule has 0 saturated heterocycles. The Bertz CT molecular complexity index is 1180. The van der Waals surface area contributed by atoms with Crippen LogP contribution in [0.5, 0.6) is 0 Å². The highest BCUT2D eigenvalue weighted by Crippen LogP contribution is 2.24. The van der Waals surface area contributed by atoms with Gasteiger partial charge in [-0.25, -0.2) is 4.39 Å². The Morgan fingerprint density at radius 2 is 1.94 bits per heavy atom. The van der Waals surface area contributed by atoms with Crippen LogP contribution in [-0.2, 0) is 13.0 Å². The van der Waals surface area contributed by atoms with Gasteiger partial charge in [-0.3, -0.25) is 19.0 Å². The van der Waals surface area contributed by atoms with Gasteiger partial charge >= 0.3 is 0 Å². The van der Waals surface area contributed by atoms with E-state index in [1.807, 2.05) is 6.92 Å². The van der Waals surface area contributed by atoms with E-state index in [-0.39, 0.29) is 23.9 Å². The Labute approximate surface area is 178 Å². The summed E-state index contributed by atoms with van der Waals surface area (Å²) in [4.78, 5) is 45.3. The van der Waals surface area contributed by atoms with Gasteiger partial charge in [0.2, 0.25) is 0 Å². The lowest BCUT2D eigenvalue weighted by Crippen LogP contribution is -2.41. The van der Waals surface area contributed by atoms with E-state index in [2.05, 4.69) is 4.98 Å². The molecule has 31 heavy (non-hydrogen) atoms. The normalized spacial score (nSPS) is 13.1. The first kappa shape index (κ1) is 20.6. The molecule has 3 heterocycles. The topological polar surface area (TPSA) is 78.4 Å². The van der Waals surface area contributed by atoms with Crippen LogP contribution in [0.1, 0.15) is 38.9 Å². The Kier molecular flexibility index (Phi) is 5.46. The predicted octanol–water partition coefficient (Wildman–Crippen LogP) is 2.60. The number of hydrogen-bond acceptors (Lipinski definition) is 3. The van der Waals surface area contributed by atoms with Gasteiger partial charge in [-0.15, -0.1) is 0 Å². The van der Waals surface area contributed by atoms with Crippen molar-refractivity contribution in [2.75, 3.05) is 20.1 Å². The second-order valence-electron chi connectivity index (χ2n) is 7.54. The number of fused-ring (bicyclic) bond motifs is 1.